The highest BCUT2D eigenvalue weighted by Crippen LogP contribution is 2.26. The normalized spacial score (nSPS) is 21.4. The van der Waals surface area contributed by atoms with Crippen molar-refractivity contribution in [3.05, 3.63) is 35.9 Å². The fourth-order valence-electron chi connectivity index (χ4n) is 3.58. The molecule has 2 fully saturated rings. The molecule has 0 bridgehead atoms. The zero-order valence-corrected chi connectivity index (χ0v) is 15.5. The van der Waals surface area contributed by atoms with E-state index in [4.69, 9.17) is 0 Å². The molecular weight excluding hydrogens is 338 g/mol. The molecule has 6 nitrogen and oxygen atoms in total. The Labute approximate surface area is 150 Å². The molecule has 1 saturated heterocycles. The zero-order valence-electron chi connectivity index (χ0n) is 14.7. The zero-order chi connectivity index (χ0) is 17.9. The van der Waals surface area contributed by atoms with E-state index < -0.39 is 16.1 Å². The molecule has 1 aliphatic heterocycles. The Morgan fingerprint density at radius 3 is 2.28 bits per heavy atom. The molecule has 1 aromatic rings. The van der Waals surface area contributed by atoms with Crippen LogP contribution in [0.15, 0.2) is 30.3 Å². The third-order valence-corrected chi connectivity index (χ3v) is 7.13. The molecule has 1 aliphatic carbocycles. The Morgan fingerprint density at radius 2 is 1.68 bits per heavy atom. The number of piperazine rings is 1. The van der Waals surface area contributed by atoms with Crippen molar-refractivity contribution >= 4 is 15.9 Å². The van der Waals surface area contributed by atoms with Crippen molar-refractivity contribution in [2.45, 2.75) is 37.0 Å². The summed E-state index contributed by atoms with van der Waals surface area (Å²) in [5.41, 5.74) is 0.702. The second kappa shape index (κ2) is 7.85. The van der Waals surface area contributed by atoms with E-state index in [1.807, 2.05) is 37.4 Å². The van der Waals surface area contributed by atoms with Gasteiger partial charge in [0.1, 0.15) is 6.04 Å². The number of carbonyl (C=O) groups excluding carboxylic acids is 1. The minimum atomic E-state index is -3.51. The van der Waals surface area contributed by atoms with E-state index in [-0.39, 0.29) is 11.2 Å². The smallest absolute Gasteiger partial charge is 0.245 e. The first-order valence-corrected chi connectivity index (χ1v) is 10.6. The minimum Gasteiger partial charge on any atom is -0.338 e. The van der Waals surface area contributed by atoms with E-state index >= 15 is 0 Å². The molecule has 0 radical (unpaired) electrons. The topological polar surface area (TPSA) is 69.7 Å². The molecule has 25 heavy (non-hydrogen) atoms. The summed E-state index contributed by atoms with van der Waals surface area (Å²) in [4.78, 5) is 17.0. The van der Waals surface area contributed by atoms with E-state index in [9.17, 15) is 13.2 Å². The number of benzene rings is 1. The molecule has 3 rings (SSSR count). The molecule has 1 saturated carbocycles. The Hall–Kier alpha value is -1.44. The van der Waals surface area contributed by atoms with Crippen LogP contribution in [0.5, 0.6) is 0 Å². The number of rotatable bonds is 5. The van der Waals surface area contributed by atoms with Crippen LogP contribution < -0.4 is 4.72 Å². The van der Waals surface area contributed by atoms with E-state index in [0.29, 0.717) is 31.5 Å². The summed E-state index contributed by atoms with van der Waals surface area (Å²) in [6.45, 7) is 2.87. The van der Waals surface area contributed by atoms with Crippen LogP contribution >= 0.6 is 0 Å². The molecule has 1 heterocycles. The van der Waals surface area contributed by atoms with Crippen LogP contribution in [0.1, 0.15) is 37.3 Å². The maximum atomic E-state index is 13.1. The lowest BCUT2D eigenvalue weighted by molar-refractivity contribution is -0.134. The first-order chi connectivity index (χ1) is 12.0. The second-order valence-electron chi connectivity index (χ2n) is 7.04. The predicted molar refractivity (Wildman–Crippen MR) is 97.6 cm³/mol. The SMILES string of the molecule is CN1CCN(C(=O)[C@@H](NS(=O)(=O)C2CCCC2)c2ccccc2)CC1. The maximum Gasteiger partial charge on any atom is 0.245 e. The van der Waals surface area contributed by atoms with Gasteiger partial charge in [-0.15, -0.1) is 0 Å². The quantitative estimate of drug-likeness (QED) is 0.855. The molecule has 138 valence electrons. The van der Waals surface area contributed by atoms with Gasteiger partial charge in [-0.05, 0) is 25.5 Å². The first kappa shape index (κ1) is 18.4. The van der Waals surface area contributed by atoms with Crippen molar-refractivity contribution in [2.75, 3.05) is 33.2 Å². The fraction of sp³-hybridized carbons (Fsp3) is 0.611. The van der Waals surface area contributed by atoms with E-state index in [2.05, 4.69) is 9.62 Å². The number of hydrogen-bond donors (Lipinski definition) is 1. The molecule has 1 atom stereocenters. The fourth-order valence-corrected chi connectivity index (χ4v) is 5.29. The lowest BCUT2D eigenvalue weighted by Crippen LogP contribution is -2.51. The summed E-state index contributed by atoms with van der Waals surface area (Å²) < 4.78 is 28.3. The summed E-state index contributed by atoms with van der Waals surface area (Å²) in [6, 6.07) is 8.33. The molecule has 1 N–H and O–H groups in total. The molecule has 0 spiro atoms. The number of sulfonamides is 1. The Morgan fingerprint density at radius 1 is 1.08 bits per heavy atom. The highest BCUT2D eigenvalue weighted by molar-refractivity contribution is 7.90. The molecule has 1 aromatic carbocycles. The summed E-state index contributed by atoms with van der Waals surface area (Å²) in [5.74, 6) is -0.152. The molecule has 1 amide bonds. The van der Waals surface area contributed by atoms with Gasteiger partial charge in [0, 0.05) is 26.2 Å². The largest absolute Gasteiger partial charge is 0.338 e. The molecule has 2 aliphatic rings. The monoisotopic (exact) mass is 365 g/mol. The van der Waals surface area contributed by atoms with Gasteiger partial charge in [0.05, 0.1) is 5.25 Å². The van der Waals surface area contributed by atoms with E-state index in [1.165, 1.54) is 0 Å². The summed E-state index contributed by atoms with van der Waals surface area (Å²) in [6.07, 6.45) is 3.24. The second-order valence-corrected chi connectivity index (χ2v) is 9.03. The van der Waals surface area contributed by atoms with Gasteiger partial charge in [0.2, 0.25) is 15.9 Å². The average molecular weight is 365 g/mol. The van der Waals surface area contributed by atoms with Gasteiger partial charge in [-0.1, -0.05) is 43.2 Å². The van der Waals surface area contributed by atoms with Gasteiger partial charge >= 0.3 is 0 Å². The van der Waals surface area contributed by atoms with Crippen molar-refractivity contribution < 1.29 is 13.2 Å². The minimum absolute atomic E-state index is 0.152. The molecule has 7 heteroatoms. The average Bonchev–Trinajstić information content (AvgIpc) is 3.16. The summed E-state index contributed by atoms with van der Waals surface area (Å²) in [7, 11) is -1.48. The van der Waals surface area contributed by atoms with Crippen LogP contribution in [0.4, 0.5) is 0 Å². The van der Waals surface area contributed by atoms with Crippen LogP contribution in [-0.2, 0) is 14.8 Å². The lowest BCUT2D eigenvalue weighted by Gasteiger charge is -2.35. The van der Waals surface area contributed by atoms with Gasteiger partial charge in [0.15, 0.2) is 0 Å². The number of amides is 1. The van der Waals surface area contributed by atoms with Gasteiger partial charge in [-0.3, -0.25) is 4.79 Å². The Kier molecular flexibility index (Phi) is 5.76. The number of carbonyl (C=O) groups is 1. The number of likely N-dealkylation sites (N-methyl/N-ethyl adjacent to an activating group) is 1. The highest BCUT2D eigenvalue weighted by Gasteiger charge is 2.35. The molecule has 0 aromatic heterocycles. The van der Waals surface area contributed by atoms with E-state index in [1.54, 1.807) is 4.90 Å². The van der Waals surface area contributed by atoms with Gasteiger partial charge in [0.25, 0.3) is 0 Å². The van der Waals surface area contributed by atoms with Crippen molar-refractivity contribution in [3.8, 4) is 0 Å². The maximum absolute atomic E-state index is 13.1. The van der Waals surface area contributed by atoms with Gasteiger partial charge in [-0.25, -0.2) is 8.42 Å². The van der Waals surface area contributed by atoms with Crippen molar-refractivity contribution in [1.82, 2.24) is 14.5 Å². The van der Waals surface area contributed by atoms with Crippen molar-refractivity contribution in [2.24, 2.45) is 0 Å². The van der Waals surface area contributed by atoms with E-state index in [0.717, 1.165) is 25.9 Å². The van der Waals surface area contributed by atoms with Gasteiger partial charge < -0.3 is 9.80 Å². The Bertz CT molecular complexity index is 679. The third-order valence-electron chi connectivity index (χ3n) is 5.22. The number of nitrogens with zero attached hydrogens (tertiary/aromatic N) is 2. The lowest BCUT2D eigenvalue weighted by atomic mass is 10.1. The first-order valence-electron chi connectivity index (χ1n) is 9.01. The van der Waals surface area contributed by atoms with Crippen LogP contribution in [0, 0.1) is 0 Å². The summed E-state index contributed by atoms with van der Waals surface area (Å²) >= 11 is 0. The van der Waals surface area contributed by atoms with Crippen LogP contribution in [0.3, 0.4) is 0 Å². The summed E-state index contributed by atoms with van der Waals surface area (Å²) in [5, 5.41) is -0.376. The Balaban J connectivity index is 1.81. The number of nitrogens with one attached hydrogen (secondary N) is 1. The number of hydrogen-bond acceptors (Lipinski definition) is 4. The van der Waals surface area contributed by atoms with Crippen LogP contribution in [0.2, 0.25) is 0 Å². The molecular formula is C18H27N3O3S. The van der Waals surface area contributed by atoms with Crippen LogP contribution in [0.25, 0.3) is 0 Å². The van der Waals surface area contributed by atoms with Crippen molar-refractivity contribution in [1.29, 1.82) is 0 Å². The van der Waals surface area contributed by atoms with Crippen LogP contribution in [-0.4, -0.2) is 62.6 Å². The third kappa shape index (κ3) is 4.40. The predicted octanol–water partition coefficient (Wildman–Crippen LogP) is 1.36. The van der Waals surface area contributed by atoms with Crippen molar-refractivity contribution in [3.63, 3.8) is 0 Å². The highest BCUT2D eigenvalue weighted by atomic mass is 32.2. The standard InChI is InChI=1S/C18H27N3O3S/c1-20-11-13-21(14-12-20)18(22)17(15-7-3-2-4-8-15)19-25(23,24)16-9-5-6-10-16/h2-4,7-8,16-17,19H,5-6,9-14H2,1H3/t17-/m0/s1. The molecule has 0 unspecified atom stereocenters. The van der Waals surface area contributed by atoms with Gasteiger partial charge in [-0.2, -0.15) is 4.72 Å².